The largest absolute Gasteiger partial charge is 0.480 e. The van der Waals surface area contributed by atoms with Crippen LogP contribution in [0.5, 0.6) is 0 Å². The number of nitrogens with one attached hydrogen (secondary N) is 1. The zero-order valence-corrected chi connectivity index (χ0v) is 12.0. The Hall–Kier alpha value is -2.66. The van der Waals surface area contributed by atoms with E-state index in [1.54, 1.807) is 24.3 Å². The first-order chi connectivity index (χ1) is 10.6. The Morgan fingerprint density at radius 3 is 2.41 bits per heavy atom. The second kappa shape index (κ2) is 7.38. The molecule has 1 atom stereocenters. The molecule has 0 saturated heterocycles. The van der Waals surface area contributed by atoms with Gasteiger partial charge in [-0.05, 0) is 29.7 Å². The zero-order valence-electron chi connectivity index (χ0n) is 12.0. The molecule has 0 aliphatic heterocycles. The van der Waals surface area contributed by atoms with Gasteiger partial charge in [0.1, 0.15) is 6.04 Å². The smallest absolute Gasteiger partial charge is 0.320 e. The van der Waals surface area contributed by atoms with Crippen LogP contribution in [0.15, 0.2) is 54.6 Å². The molecule has 1 unspecified atom stereocenters. The number of carbonyl (C=O) groups is 2. The number of benzene rings is 2. The van der Waals surface area contributed by atoms with Gasteiger partial charge in [-0.3, -0.25) is 9.59 Å². The lowest BCUT2D eigenvalue weighted by atomic mass is 10.0. The number of rotatable bonds is 6. The molecule has 0 aliphatic rings. The highest BCUT2D eigenvalue weighted by Gasteiger charge is 2.13. The maximum Gasteiger partial charge on any atom is 0.320 e. The fraction of sp³-hybridized carbons (Fsp3) is 0.176. The molecule has 0 radical (unpaired) electrons. The summed E-state index contributed by atoms with van der Waals surface area (Å²) >= 11 is 0. The number of hydrogen-bond acceptors (Lipinski definition) is 3. The molecule has 0 aliphatic carbocycles. The normalized spacial score (nSPS) is 11.7. The molecule has 5 heteroatoms. The summed E-state index contributed by atoms with van der Waals surface area (Å²) in [4.78, 5) is 22.9. The number of carbonyl (C=O) groups excluding carboxylic acids is 1. The van der Waals surface area contributed by atoms with Gasteiger partial charge in [0.05, 0.1) is 0 Å². The Labute approximate surface area is 128 Å². The predicted octanol–water partition coefficient (Wildman–Crippen LogP) is 1.57. The van der Waals surface area contributed by atoms with Gasteiger partial charge in [0.25, 0.3) is 5.91 Å². The van der Waals surface area contributed by atoms with Crippen molar-refractivity contribution < 1.29 is 14.7 Å². The molecule has 0 saturated carbocycles. The van der Waals surface area contributed by atoms with E-state index in [1.165, 1.54) is 0 Å². The molecule has 0 bridgehead atoms. The van der Waals surface area contributed by atoms with Crippen LogP contribution in [0.4, 0.5) is 0 Å². The van der Waals surface area contributed by atoms with Crippen molar-refractivity contribution in [1.82, 2.24) is 5.32 Å². The molecular formula is C17H18N2O3. The van der Waals surface area contributed by atoms with E-state index in [9.17, 15) is 9.59 Å². The van der Waals surface area contributed by atoms with Crippen LogP contribution in [0.3, 0.4) is 0 Å². The van der Waals surface area contributed by atoms with Crippen molar-refractivity contribution in [3.8, 4) is 0 Å². The Bertz CT molecular complexity index is 656. The van der Waals surface area contributed by atoms with Crippen LogP contribution in [0.25, 0.3) is 0 Å². The van der Waals surface area contributed by atoms with E-state index in [0.717, 1.165) is 11.1 Å². The Kier molecular flexibility index (Phi) is 5.27. The number of nitrogens with two attached hydrogens (primary N) is 1. The molecule has 2 aromatic rings. The topological polar surface area (TPSA) is 92.4 Å². The summed E-state index contributed by atoms with van der Waals surface area (Å²) in [7, 11) is 0. The molecule has 0 heterocycles. The van der Waals surface area contributed by atoms with E-state index in [0.29, 0.717) is 12.1 Å². The summed E-state index contributed by atoms with van der Waals surface area (Å²) in [5.41, 5.74) is 7.74. The van der Waals surface area contributed by atoms with Gasteiger partial charge in [0, 0.05) is 12.1 Å². The molecule has 114 valence electrons. The van der Waals surface area contributed by atoms with E-state index in [2.05, 4.69) is 5.32 Å². The fourth-order valence-electron chi connectivity index (χ4n) is 2.06. The summed E-state index contributed by atoms with van der Waals surface area (Å²) in [6.45, 7) is 0.443. The van der Waals surface area contributed by atoms with E-state index in [4.69, 9.17) is 10.8 Å². The molecule has 0 spiro atoms. The van der Waals surface area contributed by atoms with Gasteiger partial charge in [-0.2, -0.15) is 0 Å². The SMILES string of the molecule is NC(Cc1cccc(C(=O)NCc2ccccc2)c1)C(=O)O. The molecule has 4 N–H and O–H groups in total. The lowest BCUT2D eigenvalue weighted by Gasteiger charge is -2.09. The van der Waals surface area contributed by atoms with Crippen molar-refractivity contribution in [2.45, 2.75) is 19.0 Å². The van der Waals surface area contributed by atoms with Crippen LogP contribution in [-0.2, 0) is 17.8 Å². The zero-order chi connectivity index (χ0) is 15.9. The van der Waals surface area contributed by atoms with Crippen molar-refractivity contribution >= 4 is 11.9 Å². The minimum atomic E-state index is -1.06. The van der Waals surface area contributed by atoms with Crippen molar-refractivity contribution in [2.75, 3.05) is 0 Å². The van der Waals surface area contributed by atoms with Gasteiger partial charge in [-0.1, -0.05) is 42.5 Å². The monoisotopic (exact) mass is 298 g/mol. The first-order valence-electron chi connectivity index (χ1n) is 6.95. The number of amides is 1. The lowest BCUT2D eigenvalue weighted by molar-refractivity contribution is -0.138. The van der Waals surface area contributed by atoms with Gasteiger partial charge in [-0.25, -0.2) is 0 Å². The van der Waals surface area contributed by atoms with Crippen molar-refractivity contribution in [3.63, 3.8) is 0 Å². The minimum absolute atomic E-state index is 0.190. The lowest BCUT2D eigenvalue weighted by Crippen LogP contribution is -2.32. The highest BCUT2D eigenvalue weighted by Crippen LogP contribution is 2.08. The van der Waals surface area contributed by atoms with E-state index >= 15 is 0 Å². The van der Waals surface area contributed by atoms with Crippen LogP contribution < -0.4 is 11.1 Å². The standard InChI is InChI=1S/C17H18N2O3/c18-15(17(21)22)10-13-7-4-8-14(9-13)16(20)19-11-12-5-2-1-3-6-12/h1-9,15H,10-11,18H2,(H,19,20)(H,21,22). The number of carboxylic acids is 1. The van der Waals surface area contributed by atoms with Gasteiger partial charge in [0.15, 0.2) is 0 Å². The van der Waals surface area contributed by atoms with Crippen LogP contribution in [0, 0.1) is 0 Å². The molecule has 0 fully saturated rings. The van der Waals surface area contributed by atoms with E-state index < -0.39 is 12.0 Å². The number of aliphatic carboxylic acids is 1. The number of hydrogen-bond donors (Lipinski definition) is 3. The quantitative estimate of drug-likeness (QED) is 0.755. The molecule has 5 nitrogen and oxygen atoms in total. The molecular weight excluding hydrogens is 280 g/mol. The summed E-state index contributed by atoms with van der Waals surface area (Å²) in [6.07, 6.45) is 0.190. The summed E-state index contributed by atoms with van der Waals surface area (Å²) in [5.74, 6) is -1.26. The Balaban J connectivity index is 1.99. The van der Waals surface area contributed by atoms with Crippen LogP contribution >= 0.6 is 0 Å². The second-order valence-electron chi connectivity index (χ2n) is 5.02. The Morgan fingerprint density at radius 2 is 1.73 bits per heavy atom. The van der Waals surface area contributed by atoms with Crippen molar-refractivity contribution in [3.05, 3.63) is 71.3 Å². The van der Waals surface area contributed by atoms with E-state index in [-0.39, 0.29) is 12.3 Å². The highest BCUT2D eigenvalue weighted by molar-refractivity contribution is 5.94. The average molecular weight is 298 g/mol. The third-order valence-electron chi connectivity index (χ3n) is 3.26. The molecule has 22 heavy (non-hydrogen) atoms. The maximum absolute atomic E-state index is 12.1. The highest BCUT2D eigenvalue weighted by atomic mass is 16.4. The van der Waals surface area contributed by atoms with Crippen molar-refractivity contribution in [1.29, 1.82) is 0 Å². The molecule has 0 aromatic heterocycles. The van der Waals surface area contributed by atoms with Gasteiger partial charge >= 0.3 is 5.97 Å². The summed E-state index contributed by atoms with van der Waals surface area (Å²) in [5, 5.41) is 11.7. The van der Waals surface area contributed by atoms with Crippen molar-refractivity contribution in [2.24, 2.45) is 5.73 Å². The van der Waals surface area contributed by atoms with Gasteiger partial charge in [0.2, 0.25) is 0 Å². The molecule has 2 aromatic carbocycles. The number of carboxylic acid groups (broad SMARTS) is 1. The first kappa shape index (κ1) is 15.7. The van der Waals surface area contributed by atoms with Gasteiger partial charge < -0.3 is 16.2 Å². The van der Waals surface area contributed by atoms with Crippen LogP contribution in [0.1, 0.15) is 21.5 Å². The average Bonchev–Trinajstić information content (AvgIpc) is 2.53. The molecule has 2 rings (SSSR count). The first-order valence-corrected chi connectivity index (χ1v) is 6.95. The predicted molar refractivity (Wildman–Crippen MR) is 83.4 cm³/mol. The third kappa shape index (κ3) is 4.43. The van der Waals surface area contributed by atoms with Crippen LogP contribution in [-0.4, -0.2) is 23.0 Å². The summed E-state index contributed by atoms with van der Waals surface area (Å²) in [6, 6.07) is 15.5. The van der Waals surface area contributed by atoms with Crippen LogP contribution in [0.2, 0.25) is 0 Å². The minimum Gasteiger partial charge on any atom is -0.480 e. The summed E-state index contributed by atoms with van der Waals surface area (Å²) < 4.78 is 0. The fourth-order valence-corrected chi connectivity index (χ4v) is 2.06. The van der Waals surface area contributed by atoms with E-state index in [1.807, 2.05) is 30.3 Å². The maximum atomic E-state index is 12.1. The van der Waals surface area contributed by atoms with Gasteiger partial charge in [-0.15, -0.1) is 0 Å². The Morgan fingerprint density at radius 1 is 1.05 bits per heavy atom. The third-order valence-corrected chi connectivity index (χ3v) is 3.26. The molecule has 1 amide bonds. The second-order valence-corrected chi connectivity index (χ2v) is 5.02.